The molecule has 0 aliphatic heterocycles. The van der Waals surface area contributed by atoms with Crippen molar-refractivity contribution in [3.05, 3.63) is 59.9 Å². The highest BCUT2D eigenvalue weighted by atomic mass is 16.5. The molecule has 4 aromatic rings. The second kappa shape index (κ2) is 8.35. The summed E-state index contributed by atoms with van der Waals surface area (Å²) < 4.78 is 7.00. The van der Waals surface area contributed by atoms with Crippen molar-refractivity contribution in [2.45, 2.75) is 19.4 Å². The topological polar surface area (TPSA) is 94.4 Å². The van der Waals surface area contributed by atoms with Gasteiger partial charge in [0.25, 0.3) is 0 Å². The lowest BCUT2D eigenvalue weighted by Gasteiger charge is -2.09. The van der Waals surface area contributed by atoms with Crippen molar-refractivity contribution < 1.29 is 4.74 Å². The maximum Gasteiger partial charge on any atom is 0.335 e. The second-order valence-electron chi connectivity index (χ2n) is 6.35. The summed E-state index contributed by atoms with van der Waals surface area (Å²) in [6.07, 6.45) is 6.64. The third-order valence-corrected chi connectivity index (χ3v) is 4.52. The molecule has 8 heteroatoms. The first-order chi connectivity index (χ1) is 14.3. The van der Waals surface area contributed by atoms with Crippen molar-refractivity contribution in [2.75, 3.05) is 7.11 Å². The molecule has 4 rings (SSSR count). The Kier molecular flexibility index (Phi) is 5.29. The van der Waals surface area contributed by atoms with Crippen LogP contribution in [-0.2, 0) is 13.0 Å². The van der Waals surface area contributed by atoms with Crippen molar-refractivity contribution in [1.29, 1.82) is 0 Å². The van der Waals surface area contributed by atoms with E-state index in [9.17, 15) is 0 Å². The molecule has 144 valence electrons. The third kappa shape index (κ3) is 3.99. The van der Waals surface area contributed by atoms with E-state index in [0.717, 1.165) is 28.1 Å². The summed E-state index contributed by atoms with van der Waals surface area (Å²) in [6.45, 7) is 0.586. The molecule has 0 saturated heterocycles. The molecular formula is C21H19N7O. The van der Waals surface area contributed by atoms with Crippen molar-refractivity contribution in [3.63, 3.8) is 0 Å². The molecule has 8 nitrogen and oxygen atoms in total. The van der Waals surface area contributed by atoms with Crippen LogP contribution in [0.15, 0.2) is 48.5 Å². The minimum atomic E-state index is 0.350. The molecule has 0 spiro atoms. The number of ether oxygens (including phenoxy) is 1. The van der Waals surface area contributed by atoms with Crippen LogP contribution in [0.1, 0.15) is 17.8 Å². The van der Waals surface area contributed by atoms with Crippen molar-refractivity contribution in [3.8, 4) is 40.9 Å². The van der Waals surface area contributed by atoms with Crippen LogP contribution in [0.3, 0.4) is 0 Å². The minimum Gasteiger partial charge on any atom is -0.466 e. The number of hydrogen-bond acceptors (Lipinski definition) is 6. The fourth-order valence-corrected chi connectivity index (χ4v) is 3.10. The molecule has 2 aromatic carbocycles. The van der Waals surface area contributed by atoms with Crippen molar-refractivity contribution in [1.82, 2.24) is 35.4 Å². The number of tetrazole rings is 1. The van der Waals surface area contributed by atoms with Gasteiger partial charge in [0.15, 0.2) is 0 Å². The predicted molar refractivity (Wildman–Crippen MR) is 108 cm³/mol. The van der Waals surface area contributed by atoms with Gasteiger partial charge in [0.1, 0.15) is 5.82 Å². The first-order valence-electron chi connectivity index (χ1n) is 9.12. The molecule has 0 saturated carbocycles. The Morgan fingerprint density at radius 3 is 2.59 bits per heavy atom. The van der Waals surface area contributed by atoms with E-state index in [-0.39, 0.29) is 0 Å². The average molecular weight is 385 g/mol. The first-order valence-corrected chi connectivity index (χ1v) is 9.12. The molecule has 0 amide bonds. The number of nitrogens with zero attached hydrogens (tertiary/aromatic N) is 6. The van der Waals surface area contributed by atoms with Crippen molar-refractivity contribution in [2.24, 2.45) is 0 Å². The number of H-pyrrole nitrogens is 1. The highest BCUT2D eigenvalue weighted by Gasteiger charge is 2.12. The number of nitrogens with one attached hydrogen (secondary N) is 1. The zero-order chi connectivity index (χ0) is 20.1. The van der Waals surface area contributed by atoms with E-state index in [0.29, 0.717) is 31.2 Å². The molecule has 0 atom stereocenters. The molecule has 0 unspecified atom stereocenters. The Labute approximate surface area is 168 Å². The summed E-state index contributed by atoms with van der Waals surface area (Å²) in [5.74, 6) is 4.02. The summed E-state index contributed by atoms with van der Waals surface area (Å²) in [7, 11) is 1.56. The Hall–Kier alpha value is -3.99. The monoisotopic (exact) mass is 385 g/mol. The van der Waals surface area contributed by atoms with Gasteiger partial charge < -0.3 is 4.74 Å². The molecule has 2 aromatic heterocycles. The number of aryl methyl sites for hydroxylation is 1. The molecule has 2 heterocycles. The van der Waals surface area contributed by atoms with Crippen LogP contribution in [0.2, 0.25) is 0 Å². The number of hydrogen-bond donors (Lipinski definition) is 1. The lowest BCUT2D eigenvalue weighted by Crippen LogP contribution is -2.07. The van der Waals surface area contributed by atoms with Crippen LogP contribution >= 0.6 is 0 Å². The summed E-state index contributed by atoms with van der Waals surface area (Å²) in [5.41, 5.74) is 4.13. The van der Waals surface area contributed by atoms with E-state index in [1.54, 1.807) is 7.11 Å². The summed E-state index contributed by atoms with van der Waals surface area (Å²) in [6, 6.07) is 16.6. The second-order valence-corrected chi connectivity index (χ2v) is 6.35. The molecule has 29 heavy (non-hydrogen) atoms. The summed E-state index contributed by atoms with van der Waals surface area (Å²) in [5, 5.41) is 18.8. The number of methoxy groups -OCH3 is 1. The highest BCUT2D eigenvalue weighted by molar-refractivity contribution is 5.80. The van der Waals surface area contributed by atoms with Gasteiger partial charge in [-0.05, 0) is 21.9 Å². The van der Waals surface area contributed by atoms with Crippen LogP contribution in [0.25, 0.3) is 22.5 Å². The first kappa shape index (κ1) is 18.4. The van der Waals surface area contributed by atoms with Gasteiger partial charge in [-0.1, -0.05) is 48.5 Å². The Morgan fingerprint density at radius 1 is 1.10 bits per heavy atom. The highest BCUT2D eigenvalue weighted by Crippen LogP contribution is 2.29. The molecule has 0 bridgehead atoms. The molecule has 0 aliphatic carbocycles. The summed E-state index contributed by atoms with van der Waals surface area (Å²) >= 11 is 0. The molecule has 0 aliphatic rings. The van der Waals surface area contributed by atoms with Crippen LogP contribution in [-0.4, -0.2) is 42.5 Å². The van der Waals surface area contributed by atoms with E-state index in [1.807, 2.05) is 28.9 Å². The SMILES string of the molecule is C#CCCc1nc(OC)nn1Cc1ccc(-c2ccccc2-c2nn[nH]n2)cc1. The Morgan fingerprint density at radius 2 is 1.90 bits per heavy atom. The van der Waals surface area contributed by atoms with E-state index in [4.69, 9.17) is 11.2 Å². The molecule has 0 radical (unpaired) electrons. The standard InChI is InChI=1S/C21H19N7O/c1-3-4-9-19-22-21(29-2)25-28(19)14-15-10-12-16(13-11-15)17-7-5-6-8-18(17)20-23-26-27-24-20/h1,5-8,10-13H,4,9,14H2,2H3,(H,23,24,26,27). The fraction of sp³-hybridized carbons (Fsp3) is 0.190. The maximum atomic E-state index is 5.38. The Balaban J connectivity index is 1.59. The zero-order valence-corrected chi connectivity index (χ0v) is 15.9. The average Bonchev–Trinajstić information content (AvgIpc) is 3.43. The smallest absolute Gasteiger partial charge is 0.335 e. The quantitative estimate of drug-likeness (QED) is 0.492. The molecule has 0 fully saturated rings. The van der Waals surface area contributed by atoms with Crippen LogP contribution in [0.5, 0.6) is 6.01 Å². The number of benzene rings is 2. The Bertz CT molecular complexity index is 1120. The van der Waals surface area contributed by atoms with Gasteiger partial charge in [-0.25, -0.2) is 4.68 Å². The van der Waals surface area contributed by atoms with Gasteiger partial charge >= 0.3 is 6.01 Å². The number of terminal acetylenes is 1. The normalized spacial score (nSPS) is 10.6. The zero-order valence-electron chi connectivity index (χ0n) is 15.9. The number of aromatic amines is 1. The number of aromatic nitrogens is 7. The van der Waals surface area contributed by atoms with E-state index in [1.165, 1.54) is 0 Å². The van der Waals surface area contributed by atoms with Gasteiger partial charge in [-0.2, -0.15) is 10.2 Å². The molecule has 1 N–H and O–H groups in total. The fourth-order valence-electron chi connectivity index (χ4n) is 3.10. The molecular weight excluding hydrogens is 366 g/mol. The summed E-state index contributed by atoms with van der Waals surface area (Å²) in [4.78, 5) is 4.38. The van der Waals surface area contributed by atoms with Crippen molar-refractivity contribution >= 4 is 0 Å². The number of rotatable bonds is 7. The minimum absolute atomic E-state index is 0.350. The van der Waals surface area contributed by atoms with Crippen LogP contribution in [0.4, 0.5) is 0 Å². The maximum absolute atomic E-state index is 5.38. The van der Waals surface area contributed by atoms with Crippen LogP contribution in [0, 0.1) is 12.3 Å². The van der Waals surface area contributed by atoms with E-state index < -0.39 is 0 Å². The van der Waals surface area contributed by atoms with Gasteiger partial charge in [-0.15, -0.1) is 27.6 Å². The lowest BCUT2D eigenvalue weighted by atomic mass is 9.98. The predicted octanol–water partition coefficient (Wildman–Crippen LogP) is 2.75. The lowest BCUT2D eigenvalue weighted by molar-refractivity contribution is 0.377. The van der Waals surface area contributed by atoms with Crippen LogP contribution < -0.4 is 4.74 Å². The van der Waals surface area contributed by atoms with E-state index >= 15 is 0 Å². The van der Waals surface area contributed by atoms with E-state index in [2.05, 4.69) is 60.9 Å². The largest absolute Gasteiger partial charge is 0.466 e. The van der Waals surface area contributed by atoms with Gasteiger partial charge in [-0.3, -0.25) is 0 Å². The van der Waals surface area contributed by atoms with Gasteiger partial charge in [0.2, 0.25) is 5.82 Å². The van der Waals surface area contributed by atoms with Gasteiger partial charge in [0.05, 0.1) is 13.7 Å². The third-order valence-electron chi connectivity index (χ3n) is 4.52. The van der Waals surface area contributed by atoms with Gasteiger partial charge in [0, 0.05) is 18.4 Å².